The zero-order valence-corrected chi connectivity index (χ0v) is 18.8. The zero-order valence-electron chi connectivity index (χ0n) is 18.8. The van der Waals surface area contributed by atoms with Crippen molar-refractivity contribution in [2.45, 2.75) is 70.8 Å². The summed E-state index contributed by atoms with van der Waals surface area (Å²) in [6.45, 7) is 2.06. The van der Waals surface area contributed by atoms with Crippen LogP contribution in [0.5, 0.6) is 11.5 Å². The number of aliphatic carboxylic acids is 1. The molecule has 7 heteroatoms. The second kappa shape index (κ2) is 10.6. The smallest absolute Gasteiger partial charge is 0.303 e. The molecule has 1 aliphatic heterocycles. The molecule has 3 rings (SSSR count). The number of rotatable bonds is 10. The molecule has 7 nitrogen and oxygen atoms in total. The van der Waals surface area contributed by atoms with Gasteiger partial charge in [0, 0.05) is 23.8 Å². The highest BCUT2D eigenvalue weighted by molar-refractivity contribution is 6.07. The largest absolute Gasteiger partial charge is 0.493 e. The van der Waals surface area contributed by atoms with Crippen molar-refractivity contribution in [3.63, 3.8) is 0 Å². The van der Waals surface area contributed by atoms with Crippen molar-refractivity contribution in [2.75, 3.05) is 14.2 Å². The number of unbranched alkanes of at least 4 members (excludes halogenated alkanes) is 1. The molecule has 1 unspecified atom stereocenters. The summed E-state index contributed by atoms with van der Waals surface area (Å²) >= 11 is 0. The Bertz CT molecular complexity index is 822. The predicted molar refractivity (Wildman–Crippen MR) is 119 cm³/mol. The third kappa shape index (κ3) is 5.20. The molecule has 1 aromatic carbocycles. The Balaban J connectivity index is 1.91. The monoisotopic (exact) mass is 430 g/mol. The molecular weight excluding hydrogens is 396 g/mol. The van der Waals surface area contributed by atoms with E-state index in [9.17, 15) is 9.59 Å². The van der Waals surface area contributed by atoms with Gasteiger partial charge in [-0.25, -0.2) is 5.01 Å². The highest BCUT2D eigenvalue weighted by Crippen LogP contribution is 2.40. The molecule has 0 saturated heterocycles. The minimum atomic E-state index is -0.777. The summed E-state index contributed by atoms with van der Waals surface area (Å²) in [6.07, 6.45) is 7.12. The second-order valence-electron chi connectivity index (χ2n) is 8.44. The molecule has 1 fully saturated rings. The van der Waals surface area contributed by atoms with Gasteiger partial charge >= 0.3 is 5.97 Å². The van der Waals surface area contributed by atoms with Crippen LogP contribution in [-0.2, 0) is 9.59 Å². The van der Waals surface area contributed by atoms with E-state index in [2.05, 4.69) is 6.92 Å². The number of carboxylic acid groups (broad SMARTS) is 1. The number of carbonyl (C=O) groups is 2. The Morgan fingerprint density at radius 1 is 1.16 bits per heavy atom. The SMILES string of the molecule is CCC(CCCCC(=O)O)N1N=C(c2ccc(OC)c(OC)c2)[C@@H]2CCCC[C@@H]2C1=O. The summed E-state index contributed by atoms with van der Waals surface area (Å²) < 4.78 is 10.9. The van der Waals surface area contributed by atoms with Gasteiger partial charge in [0.05, 0.1) is 26.0 Å². The third-order valence-electron chi connectivity index (χ3n) is 6.55. The van der Waals surface area contributed by atoms with Crippen LogP contribution in [-0.4, -0.2) is 48.0 Å². The Hall–Kier alpha value is -2.57. The lowest BCUT2D eigenvalue weighted by atomic mass is 9.73. The van der Waals surface area contributed by atoms with Crippen LogP contribution >= 0.6 is 0 Å². The predicted octanol–water partition coefficient (Wildman–Crippen LogP) is 4.48. The third-order valence-corrected chi connectivity index (χ3v) is 6.55. The van der Waals surface area contributed by atoms with Crippen molar-refractivity contribution in [1.82, 2.24) is 5.01 Å². The van der Waals surface area contributed by atoms with Crippen LogP contribution in [0.4, 0.5) is 0 Å². The summed E-state index contributed by atoms with van der Waals surface area (Å²) in [7, 11) is 3.23. The van der Waals surface area contributed by atoms with Gasteiger partial charge in [-0.2, -0.15) is 5.10 Å². The first-order valence-electron chi connectivity index (χ1n) is 11.4. The minimum Gasteiger partial charge on any atom is -0.493 e. The zero-order chi connectivity index (χ0) is 22.4. The lowest BCUT2D eigenvalue weighted by Crippen LogP contribution is -2.49. The second-order valence-corrected chi connectivity index (χ2v) is 8.44. The number of hydrogen-bond donors (Lipinski definition) is 1. The highest BCUT2D eigenvalue weighted by Gasteiger charge is 2.42. The Kier molecular flexibility index (Phi) is 7.93. The van der Waals surface area contributed by atoms with Crippen LogP contribution in [0.2, 0.25) is 0 Å². The van der Waals surface area contributed by atoms with Gasteiger partial charge in [0.25, 0.3) is 0 Å². The number of amides is 1. The molecule has 1 amide bonds. The summed E-state index contributed by atoms with van der Waals surface area (Å²) in [5, 5.41) is 15.5. The number of methoxy groups -OCH3 is 2. The summed E-state index contributed by atoms with van der Waals surface area (Å²) in [5.41, 5.74) is 1.92. The van der Waals surface area contributed by atoms with Crippen molar-refractivity contribution in [3.8, 4) is 11.5 Å². The molecule has 1 aliphatic carbocycles. The van der Waals surface area contributed by atoms with Crippen LogP contribution in [0, 0.1) is 11.8 Å². The highest BCUT2D eigenvalue weighted by atomic mass is 16.5. The topological polar surface area (TPSA) is 88.4 Å². The maximum absolute atomic E-state index is 13.4. The standard InChI is InChI=1S/C24H34N2O5/c1-4-17(9-5-8-12-22(27)28)26-24(29)19-11-7-6-10-18(19)23(25-26)16-13-14-20(30-2)21(15-16)31-3/h13-15,17-19H,4-12H2,1-3H3,(H,27,28)/t17?,18-,19+/m1/s1. The number of ether oxygens (including phenoxy) is 2. The summed E-state index contributed by atoms with van der Waals surface area (Å²) in [6, 6.07) is 5.82. The van der Waals surface area contributed by atoms with E-state index in [0.29, 0.717) is 17.9 Å². The van der Waals surface area contributed by atoms with Crippen molar-refractivity contribution < 1.29 is 24.2 Å². The maximum atomic E-state index is 13.4. The minimum absolute atomic E-state index is 0.0145. The van der Waals surface area contributed by atoms with Crippen LogP contribution in [0.25, 0.3) is 0 Å². The van der Waals surface area contributed by atoms with E-state index < -0.39 is 5.97 Å². The molecular formula is C24H34N2O5. The molecule has 0 bridgehead atoms. The first-order valence-corrected chi connectivity index (χ1v) is 11.4. The van der Waals surface area contributed by atoms with E-state index >= 15 is 0 Å². The van der Waals surface area contributed by atoms with E-state index in [4.69, 9.17) is 19.7 Å². The average Bonchev–Trinajstić information content (AvgIpc) is 2.79. The molecule has 1 heterocycles. The number of carboxylic acids is 1. The van der Waals surface area contributed by atoms with Gasteiger partial charge in [0.2, 0.25) is 5.91 Å². The molecule has 1 saturated carbocycles. The molecule has 3 atom stereocenters. The Morgan fingerprint density at radius 2 is 1.87 bits per heavy atom. The fraction of sp³-hybridized carbons (Fsp3) is 0.625. The lowest BCUT2D eigenvalue weighted by Gasteiger charge is -2.41. The van der Waals surface area contributed by atoms with E-state index in [-0.39, 0.29) is 30.2 Å². The molecule has 31 heavy (non-hydrogen) atoms. The number of nitrogens with zero attached hydrogens (tertiary/aromatic N) is 2. The lowest BCUT2D eigenvalue weighted by molar-refractivity contribution is -0.142. The summed E-state index contributed by atoms with van der Waals surface area (Å²) in [4.78, 5) is 24.2. The van der Waals surface area contributed by atoms with Gasteiger partial charge in [0.1, 0.15) is 0 Å². The fourth-order valence-electron chi connectivity index (χ4n) is 4.85. The van der Waals surface area contributed by atoms with Gasteiger partial charge in [0.15, 0.2) is 11.5 Å². The molecule has 170 valence electrons. The quantitative estimate of drug-likeness (QED) is 0.553. The maximum Gasteiger partial charge on any atom is 0.303 e. The molecule has 0 spiro atoms. The van der Waals surface area contributed by atoms with E-state index in [1.807, 2.05) is 18.2 Å². The van der Waals surface area contributed by atoms with Crippen molar-refractivity contribution >= 4 is 17.6 Å². The van der Waals surface area contributed by atoms with Gasteiger partial charge in [-0.3, -0.25) is 9.59 Å². The normalized spacial score (nSPS) is 21.8. The van der Waals surface area contributed by atoms with Crippen LogP contribution in [0.1, 0.15) is 70.3 Å². The van der Waals surface area contributed by atoms with E-state index in [0.717, 1.165) is 56.2 Å². The van der Waals surface area contributed by atoms with Crippen molar-refractivity contribution in [2.24, 2.45) is 16.9 Å². The number of hydrogen-bond acceptors (Lipinski definition) is 5. The molecule has 1 N–H and O–H groups in total. The summed E-state index contributed by atoms with van der Waals surface area (Å²) in [5.74, 6) is 0.752. The molecule has 0 aromatic heterocycles. The Morgan fingerprint density at radius 3 is 2.52 bits per heavy atom. The average molecular weight is 431 g/mol. The van der Waals surface area contributed by atoms with Gasteiger partial charge < -0.3 is 14.6 Å². The Labute approximate surface area is 184 Å². The molecule has 2 aliphatic rings. The van der Waals surface area contributed by atoms with Crippen LogP contribution in [0.15, 0.2) is 23.3 Å². The molecule has 1 aromatic rings. The number of carbonyl (C=O) groups excluding carboxylic acids is 1. The molecule has 0 radical (unpaired) electrons. The van der Waals surface area contributed by atoms with Gasteiger partial charge in [-0.15, -0.1) is 0 Å². The number of hydrazone groups is 1. The number of fused-ring (bicyclic) bond motifs is 1. The van der Waals surface area contributed by atoms with Crippen LogP contribution < -0.4 is 9.47 Å². The van der Waals surface area contributed by atoms with Crippen LogP contribution in [0.3, 0.4) is 0 Å². The van der Waals surface area contributed by atoms with E-state index in [1.165, 1.54) is 0 Å². The fourth-order valence-corrected chi connectivity index (χ4v) is 4.85. The van der Waals surface area contributed by atoms with Crippen molar-refractivity contribution in [1.29, 1.82) is 0 Å². The van der Waals surface area contributed by atoms with Gasteiger partial charge in [-0.05, 0) is 50.3 Å². The van der Waals surface area contributed by atoms with Crippen molar-refractivity contribution in [3.05, 3.63) is 23.8 Å². The van der Waals surface area contributed by atoms with Gasteiger partial charge in [-0.1, -0.05) is 26.2 Å². The van der Waals surface area contributed by atoms with E-state index in [1.54, 1.807) is 19.2 Å². The first-order chi connectivity index (χ1) is 15.0. The number of benzene rings is 1. The first kappa shape index (κ1) is 23.1.